The van der Waals surface area contributed by atoms with Crippen LogP contribution in [0.1, 0.15) is 10.7 Å². The minimum atomic E-state index is -0.351. The first-order valence-electron chi connectivity index (χ1n) is 6.86. The third-order valence-electron chi connectivity index (χ3n) is 2.79. The molecular weight excluding hydrogens is 316 g/mol. The van der Waals surface area contributed by atoms with Crippen LogP contribution in [0, 0.1) is 6.92 Å². The second-order valence-electron chi connectivity index (χ2n) is 4.64. The van der Waals surface area contributed by atoms with Crippen molar-refractivity contribution in [2.75, 3.05) is 19.0 Å². The number of benzene rings is 1. The fourth-order valence-corrected chi connectivity index (χ4v) is 2.43. The van der Waals surface area contributed by atoms with Gasteiger partial charge in [-0.2, -0.15) is 0 Å². The molecule has 0 saturated carbocycles. The summed E-state index contributed by atoms with van der Waals surface area (Å²) in [5.41, 5.74) is 7.13. The number of thiazole rings is 1. The predicted molar refractivity (Wildman–Crippen MR) is 89.8 cm³/mol. The Labute approximate surface area is 138 Å². The number of nitrogens with zero attached hydrogens (tertiary/aromatic N) is 2. The summed E-state index contributed by atoms with van der Waals surface area (Å²) in [6.07, 6.45) is 0.387. The molecule has 122 valence electrons. The van der Waals surface area contributed by atoms with Gasteiger partial charge in [-0.25, -0.2) is 4.98 Å². The van der Waals surface area contributed by atoms with E-state index in [9.17, 15) is 4.79 Å². The van der Waals surface area contributed by atoms with Crippen LogP contribution in [-0.4, -0.2) is 30.4 Å². The molecule has 0 saturated heterocycles. The molecule has 0 radical (unpaired) electrons. The molecule has 0 aliphatic heterocycles. The van der Waals surface area contributed by atoms with E-state index in [4.69, 9.17) is 15.3 Å². The molecule has 2 rings (SSSR count). The number of nitrogens with one attached hydrogen (secondary N) is 1. The van der Waals surface area contributed by atoms with Crippen molar-refractivity contribution in [3.8, 4) is 5.75 Å². The van der Waals surface area contributed by atoms with Crippen molar-refractivity contribution >= 4 is 28.8 Å². The minimum absolute atomic E-state index is 0.241. The smallest absolute Gasteiger partial charge is 0.265 e. The maximum Gasteiger partial charge on any atom is 0.265 e. The van der Waals surface area contributed by atoms with Gasteiger partial charge in [0.15, 0.2) is 6.61 Å². The van der Waals surface area contributed by atoms with Crippen LogP contribution in [-0.2, 0) is 16.1 Å². The number of methoxy groups -OCH3 is 1. The Morgan fingerprint density at radius 3 is 2.91 bits per heavy atom. The van der Waals surface area contributed by atoms with E-state index < -0.39 is 0 Å². The molecule has 2 aromatic rings. The van der Waals surface area contributed by atoms with E-state index >= 15 is 0 Å². The molecule has 0 aliphatic carbocycles. The Kier molecular flexibility index (Phi) is 5.93. The van der Waals surface area contributed by atoms with Crippen LogP contribution in [0.2, 0.25) is 0 Å². The summed E-state index contributed by atoms with van der Waals surface area (Å²) in [6, 6.07) is 7.10. The summed E-state index contributed by atoms with van der Waals surface area (Å²) in [7, 11) is 1.53. The average Bonchev–Trinajstić information content (AvgIpc) is 2.92. The highest BCUT2D eigenvalue weighted by Crippen LogP contribution is 2.22. The molecule has 0 spiro atoms. The minimum Gasteiger partial charge on any atom is -0.495 e. The van der Waals surface area contributed by atoms with Gasteiger partial charge in [0.25, 0.3) is 5.91 Å². The van der Waals surface area contributed by atoms with Crippen molar-refractivity contribution in [1.29, 1.82) is 0 Å². The number of oxime groups is 1. The highest BCUT2D eigenvalue weighted by molar-refractivity contribution is 7.09. The summed E-state index contributed by atoms with van der Waals surface area (Å²) in [5, 5.41) is 9.27. The fourth-order valence-electron chi connectivity index (χ4n) is 1.82. The van der Waals surface area contributed by atoms with Crippen LogP contribution in [0.4, 0.5) is 5.69 Å². The molecule has 0 unspecified atom stereocenters. The zero-order valence-electron chi connectivity index (χ0n) is 12.9. The van der Waals surface area contributed by atoms with Gasteiger partial charge in [-0.15, -0.1) is 11.3 Å². The number of carbonyl (C=O) groups excluding carboxylic acids is 1. The first-order chi connectivity index (χ1) is 11.1. The van der Waals surface area contributed by atoms with Crippen LogP contribution in [0.3, 0.4) is 0 Å². The van der Waals surface area contributed by atoms with Gasteiger partial charge in [0.05, 0.1) is 29.9 Å². The van der Waals surface area contributed by atoms with Crippen molar-refractivity contribution in [3.05, 3.63) is 40.3 Å². The molecule has 7 nitrogen and oxygen atoms in total. The summed E-state index contributed by atoms with van der Waals surface area (Å²) in [4.78, 5) is 21.1. The third-order valence-corrected chi connectivity index (χ3v) is 3.61. The molecule has 1 aromatic heterocycles. The Morgan fingerprint density at radius 2 is 2.22 bits per heavy atom. The molecule has 0 aliphatic rings. The number of rotatable bonds is 7. The zero-order valence-corrected chi connectivity index (χ0v) is 13.7. The molecule has 0 atom stereocenters. The van der Waals surface area contributed by atoms with Crippen molar-refractivity contribution < 1.29 is 14.4 Å². The molecule has 0 bridgehead atoms. The standard InChI is InChI=1S/C15H18N4O3S/c1-10-17-11(9-23-10)7-14(16)19-22-8-15(20)18-12-5-3-4-6-13(12)21-2/h3-6,9H,7-8H2,1-2H3,(H2,16,19)(H,18,20). The number of anilines is 1. The monoisotopic (exact) mass is 334 g/mol. The van der Waals surface area contributed by atoms with Crippen molar-refractivity contribution in [2.45, 2.75) is 13.3 Å². The molecule has 1 heterocycles. The van der Waals surface area contributed by atoms with Crippen LogP contribution >= 0.6 is 11.3 Å². The Morgan fingerprint density at radius 1 is 1.43 bits per heavy atom. The highest BCUT2D eigenvalue weighted by Gasteiger charge is 2.07. The molecule has 1 amide bonds. The zero-order chi connectivity index (χ0) is 16.7. The van der Waals surface area contributed by atoms with Crippen LogP contribution in [0.5, 0.6) is 5.75 Å². The van der Waals surface area contributed by atoms with Gasteiger partial charge in [-0.3, -0.25) is 4.79 Å². The average molecular weight is 334 g/mol. The van der Waals surface area contributed by atoms with E-state index in [0.717, 1.165) is 10.7 Å². The van der Waals surface area contributed by atoms with E-state index in [2.05, 4.69) is 15.5 Å². The molecule has 0 fully saturated rings. The van der Waals surface area contributed by atoms with Gasteiger partial charge in [0, 0.05) is 5.38 Å². The van der Waals surface area contributed by atoms with Gasteiger partial charge in [0.2, 0.25) is 0 Å². The maximum absolute atomic E-state index is 11.8. The normalized spacial score (nSPS) is 11.1. The molecule has 3 N–H and O–H groups in total. The van der Waals surface area contributed by atoms with Gasteiger partial charge >= 0.3 is 0 Å². The summed E-state index contributed by atoms with van der Waals surface area (Å²) < 4.78 is 5.15. The number of ether oxygens (including phenoxy) is 1. The quantitative estimate of drug-likeness (QED) is 0.458. The van der Waals surface area contributed by atoms with Gasteiger partial charge in [-0.05, 0) is 19.1 Å². The summed E-state index contributed by atoms with van der Waals surface area (Å²) in [6.45, 7) is 1.68. The molecule has 8 heteroatoms. The molecule has 23 heavy (non-hydrogen) atoms. The third kappa shape index (κ3) is 5.26. The number of carbonyl (C=O) groups is 1. The van der Waals surface area contributed by atoms with Gasteiger partial charge in [-0.1, -0.05) is 17.3 Å². The Bertz CT molecular complexity index is 700. The van der Waals surface area contributed by atoms with Crippen molar-refractivity contribution in [2.24, 2.45) is 10.9 Å². The summed E-state index contributed by atoms with van der Waals surface area (Å²) in [5.74, 6) is 0.485. The Hall–Kier alpha value is -2.61. The van der Waals surface area contributed by atoms with E-state index in [1.807, 2.05) is 18.4 Å². The Balaban J connectivity index is 1.81. The number of hydrogen-bond acceptors (Lipinski definition) is 6. The second kappa shape index (κ2) is 8.14. The number of para-hydroxylation sites is 2. The first-order valence-corrected chi connectivity index (χ1v) is 7.74. The van der Waals surface area contributed by atoms with Gasteiger partial charge < -0.3 is 20.6 Å². The summed E-state index contributed by atoms with van der Waals surface area (Å²) >= 11 is 1.54. The van der Waals surface area contributed by atoms with Crippen LogP contribution < -0.4 is 15.8 Å². The predicted octanol–water partition coefficient (Wildman–Crippen LogP) is 1.93. The van der Waals surface area contributed by atoms with E-state index in [0.29, 0.717) is 17.9 Å². The van der Waals surface area contributed by atoms with Crippen LogP contribution in [0.15, 0.2) is 34.8 Å². The second-order valence-corrected chi connectivity index (χ2v) is 5.70. The maximum atomic E-state index is 11.8. The molecule has 1 aromatic carbocycles. The number of aromatic nitrogens is 1. The first kappa shape index (κ1) is 16.8. The number of amides is 1. The number of amidine groups is 1. The fraction of sp³-hybridized carbons (Fsp3) is 0.267. The SMILES string of the molecule is COc1ccccc1NC(=O)CON=C(N)Cc1csc(C)n1. The lowest BCUT2D eigenvalue weighted by atomic mass is 10.3. The van der Waals surface area contributed by atoms with E-state index in [-0.39, 0.29) is 18.3 Å². The number of hydrogen-bond donors (Lipinski definition) is 2. The van der Waals surface area contributed by atoms with E-state index in [1.165, 1.54) is 7.11 Å². The largest absolute Gasteiger partial charge is 0.495 e. The van der Waals surface area contributed by atoms with Crippen molar-refractivity contribution in [1.82, 2.24) is 4.98 Å². The number of aryl methyl sites for hydroxylation is 1. The number of nitrogens with two attached hydrogens (primary N) is 1. The van der Waals surface area contributed by atoms with Gasteiger partial charge in [0.1, 0.15) is 11.6 Å². The van der Waals surface area contributed by atoms with Crippen molar-refractivity contribution in [3.63, 3.8) is 0 Å². The highest BCUT2D eigenvalue weighted by atomic mass is 32.1. The van der Waals surface area contributed by atoms with Crippen LogP contribution in [0.25, 0.3) is 0 Å². The lowest BCUT2D eigenvalue weighted by Crippen LogP contribution is -2.20. The topological polar surface area (TPSA) is 98.8 Å². The lowest BCUT2D eigenvalue weighted by molar-refractivity contribution is -0.120. The molecular formula is C15H18N4O3S. The van der Waals surface area contributed by atoms with E-state index in [1.54, 1.807) is 29.5 Å². The lowest BCUT2D eigenvalue weighted by Gasteiger charge is -2.09.